The summed E-state index contributed by atoms with van der Waals surface area (Å²) in [6, 6.07) is 0.531. The van der Waals surface area contributed by atoms with E-state index in [1.807, 2.05) is 0 Å². The second-order valence-corrected chi connectivity index (χ2v) is 7.68. The Hall–Kier alpha value is -2.03. The van der Waals surface area contributed by atoms with E-state index in [1.54, 1.807) is 41.5 Å². The van der Waals surface area contributed by atoms with Crippen LogP contribution in [0, 0.1) is 0 Å². The molecular weight excluding hydrogens is 377 g/mol. The van der Waals surface area contributed by atoms with Crippen molar-refractivity contribution in [1.29, 1.82) is 0 Å². The minimum absolute atomic E-state index is 0.342. The largest absolute Gasteiger partial charge is 0.443 e. The number of carbonyl (C=O) groups is 2. The van der Waals surface area contributed by atoms with Gasteiger partial charge in [-0.05, 0) is 47.6 Å². The molecule has 0 aromatic carbocycles. The highest BCUT2D eigenvalue weighted by Crippen LogP contribution is 2.36. The maximum atomic E-state index is 13.1. The predicted octanol–water partition coefficient (Wildman–Crippen LogP) is 5.43. The summed E-state index contributed by atoms with van der Waals surface area (Å²) < 4.78 is 49.4. The summed E-state index contributed by atoms with van der Waals surface area (Å²) in [5.74, 6) is 0. The van der Waals surface area contributed by atoms with Gasteiger partial charge in [0.25, 0.3) is 0 Å². The Balaban J connectivity index is 3.41. The Kier molecular flexibility index (Phi) is 6.18. The van der Waals surface area contributed by atoms with E-state index in [1.165, 1.54) is 0 Å². The molecule has 1 aromatic rings. The quantitative estimate of drug-likeness (QED) is 0.592. The number of halogens is 4. The van der Waals surface area contributed by atoms with E-state index >= 15 is 0 Å². The first-order chi connectivity index (χ1) is 11.5. The molecule has 26 heavy (non-hydrogen) atoms. The number of hydrogen-bond acceptors (Lipinski definition) is 5. The number of rotatable bonds is 1. The maximum absolute atomic E-state index is 13.1. The maximum Gasteiger partial charge on any atom is 0.424 e. The number of aromatic nitrogens is 1. The van der Waals surface area contributed by atoms with Gasteiger partial charge in [-0.25, -0.2) is 14.6 Å². The molecule has 0 saturated carbocycles. The molecule has 0 aliphatic heterocycles. The lowest BCUT2D eigenvalue weighted by Crippen LogP contribution is -2.44. The Morgan fingerprint density at radius 2 is 1.42 bits per heavy atom. The molecule has 1 aromatic heterocycles. The molecule has 0 atom stereocenters. The Labute approximate surface area is 154 Å². The third kappa shape index (κ3) is 6.36. The fraction of sp³-hybridized carbons (Fsp3) is 0.562. The fourth-order valence-electron chi connectivity index (χ4n) is 1.66. The van der Waals surface area contributed by atoms with Crippen LogP contribution < -0.4 is 4.90 Å². The van der Waals surface area contributed by atoms with Crippen molar-refractivity contribution in [2.45, 2.75) is 58.9 Å². The van der Waals surface area contributed by atoms with Crippen molar-refractivity contribution in [3.8, 4) is 0 Å². The molecular formula is C16H20ClF3N2O4. The standard InChI is InChI=1S/C16H20ClF3N2O4/c1-14(2,3)25-12(23)22(13(24)26-15(4,5)6)9-7-10(16(18,19)20)11(17)21-8-9/h7-8H,1-6H3. The van der Waals surface area contributed by atoms with Gasteiger partial charge < -0.3 is 9.47 Å². The number of alkyl halides is 3. The highest BCUT2D eigenvalue weighted by Gasteiger charge is 2.38. The number of imide groups is 1. The molecule has 0 saturated heterocycles. The summed E-state index contributed by atoms with van der Waals surface area (Å²) >= 11 is 5.48. The topological polar surface area (TPSA) is 68.7 Å². The van der Waals surface area contributed by atoms with E-state index in [9.17, 15) is 22.8 Å². The minimum atomic E-state index is -4.83. The number of ether oxygens (including phenoxy) is 2. The Morgan fingerprint density at radius 1 is 1.00 bits per heavy atom. The van der Waals surface area contributed by atoms with Crippen molar-refractivity contribution in [1.82, 2.24) is 4.98 Å². The fourth-order valence-corrected chi connectivity index (χ4v) is 1.87. The van der Waals surface area contributed by atoms with Gasteiger partial charge in [-0.2, -0.15) is 18.1 Å². The zero-order chi connectivity index (χ0) is 20.5. The molecule has 2 amide bonds. The van der Waals surface area contributed by atoms with Gasteiger partial charge in [0.05, 0.1) is 17.4 Å². The van der Waals surface area contributed by atoms with Crippen LogP contribution in [0.1, 0.15) is 47.1 Å². The normalized spacial score (nSPS) is 12.5. The number of hydrogen-bond donors (Lipinski definition) is 0. The first kappa shape index (κ1) is 22.0. The minimum Gasteiger partial charge on any atom is -0.443 e. The molecule has 0 spiro atoms. The van der Waals surface area contributed by atoms with Gasteiger partial charge in [-0.1, -0.05) is 11.6 Å². The molecule has 146 valence electrons. The van der Waals surface area contributed by atoms with Crippen LogP contribution in [0.2, 0.25) is 5.15 Å². The molecule has 6 nitrogen and oxygen atoms in total. The van der Waals surface area contributed by atoms with Gasteiger partial charge in [0.1, 0.15) is 16.4 Å². The van der Waals surface area contributed by atoms with Crippen molar-refractivity contribution < 1.29 is 32.2 Å². The van der Waals surface area contributed by atoms with Crippen molar-refractivity contribution in [3.63, 3.8) is 0 Å². The molecule has 10 heteroatoms. The SMILES string of the molecule is CC(C)(C)OC(=O)N(C(=O)OC(C)(C)C)c1cnc(Cl)c(C(F)(F)F)c1. The number of anilines is 1. The summed E-state index contributed by atoms with van der Waals surface area (Å²) in [6.07, 6.45) is -6.38. The lowest BCUT2D eigenvalue weighted by atomic mass is 10.2. The van der Waals surface area contributed by atoms with Gasteiger partial charge in [-0.3, -0.25) is 0 Å². The van der Waals surface area contributed by atoms with E-state index in [2.05, 4.69) is 4.98 Å². The van der Waals surface area contributed by atoms with Gasteiger partial charge in [-0.15, -0.1) is 0 Å². The molecule has 1 heterocycles. The van der Waals surface area contributed by atoms with E-state index in [0.717, 1.165) is 6.20 Å². The Morgan fingerprint density at radius 3 is 1.77 bits per heavy atom. The average Bonchev–Trinajstić information content (AvgIpc) is 2.35. The van der Waals surface area contributed by atoms with Gasteiger partial charge in [0, 0.05) is 0 Å². The lowest BCUT2D eigenvalue weighted by molar-refractivity contribution is -0.137. The van der Waals surface area contributed by atoms with E-state index in [-0.39, 0.29) is 0 Å². The molecule has 0 radical (unpaired) electrons. The summed E-state index contributed by atoms with van der Waals surface area (Å²) in [5, 5.41) is -0.811. The average molecular weight is 397 g/mol. The highest BCUT2D eigenvalue weighted by molar-refractivity contribution is 6.30. The third-order valence-corrected chi connectivity index (χ3v) is 2.84. The highest BCUT2D eigenvalue weighted by atomic mass is 35.5. The number of carbonyl (C=O) groups excluding carboxylic acids is 2. The van der Waals surface area contributed by atoms with Crippen LogP contribution in [0.3, 0.4) is 0 Å². The summed E-state index contributed by atoms with van der Waals surface area (Å²) in [7, 11) is 0. The van der Waals surface area contributed by atoms with E-state index < -0.39 is 46.0 Å². The van der Waals surface area contributed by atoms with Gasteiger partial charge in [0.15, 0.2) is 0 Å². The van der Waals surface area contributed by atoms with Crippen molar-refractivity contribution in [3.05, 3.63) is 23.0 Å². The van der Waals surface area contributed by atoms with Crippen molar-refractivity contribution in [2.24, 2.45) is 0 Å². The van der Waals surface area contributed by atoms with Crippen molar-refractivity contribution in [2.75, 3.05) is 4.90 Å². The smallest absolute Gasteiger partial charge is 0.424 e. The molecule has 0 aliphatic carbocycles. The van der Waals surface area contributed by atoms with E-state index in [0.29, 0.717) is 11.0 Å². The molecule has 0 fully saturated rings. The predicted molar refractivity (Wildman–Crippen MR) is 89.2 cm³/mol. The number of pyridine rings is 1. The molecule has 0 aliphatic rings. The molecule has 0 N–H and O–H groups in total. The first-order valence-electron chi connectivity index (χ1n) is 7.50. The van der Waals surface area contributed by atoms with Crippen LogP contribution in [0.5, 0.6) is 0 Å². The molecule has 0 unspecified atom stereocenters. The number of nitrogens with zero attached hydrogens (tertiary/aromatic N) is 2. The zero-order valence-electron chi connectivity index (χ0n) is 15.2. The van der Waals surface area contributed by atoms with Crippen LogP contribution in [-0.2, 0) is 15.7 Å². The summed E-state index contributed by atoms with van der Waals surface area (Å²) in [5.41, 5.74) is -3.77. The van der Waals surface area contributed by atoms with Gasteiger partial charge in [0.2, 0.25) is 0 Å². The van der Waals surface area contributed by atoms with Crippen LogP contribution in [0.25, 0.3) is 0 Å². The van der Waals surface area contributed by atoms with Crippen molar-refractivity contribution >= 4 is 29.5 Å². The van der Waals surface area contributed by atoms with Crippen LogP contribution >= 0.6 is 11.6 Å². The number of amides is 2. The second-order valence-electron chi connectivity index (χ2n) is 7.33. The lowest BCUT2D eigenvalue weighted by Gasteiger charge is -2.28. The van der Waals surface area contributed by atoms with Gasteiger partial charge >= 0.3 is 18.4 Å². The summed E-state index contributed by atoms with van der Waals surface area (Å²) in [4.78, 5) is 28.5. The van der Waals surface area contributed by atoms with Crippen LogP contribution in [-0.4, -0.2) is 28.4 Å². The third-order valence-electron chi connectivity index (χ3n) is 2.54. The summed E-state index contributed by atoms with van der Waals surface area (Å²) in [6.45, 7) is 9.25. The van der Waals surface area contributed by atoms with E-state index in [4.69, 9.17) is 21.1 Å². The Bertz CT molecular complexity index is 666. The zero-order valence-corrected chi connectivity index (χ0v) is 15.9. The molecule has 1 rings (SSSR count). The first-order valence-corrected chi connectivity index (χ1v) is 7.88. The van der Waals surface area contributed by atoms with Crippen LogP contribution in [0.4, 0.5) is 28.4 Å². The van der Waals surface area contributed by atoms with Crippen LogP contribution in [0.15, 0.2) is 12.3 Å². The monoisotopic (exact) mass is 396 g/mol. The molecule has 0 bridgehead atoms. The second kappa shape index (κ2) is 7.30.